The zero-order chi connectivity index (χ0) is 72.5. The molecule has 17 N–H and O–H groups in total. The van der Waals surface area contributed by atoms with E-state index in [1.807, 2.05) is 0 Å². The largest absolute Gasteiger partial charge is 0.494 e. The number of ether oxygens (including phenoxy) is 13. The van der Waals surface area contributed by atoms with Gasteiger partial charge in [0.1, 0.15) is 134 Å². The van der Waals surface area contributed by atoms with Crippen LogP contribution in [0.2, 0.25) is 0 Å². The first-order chi connectivity index (χ1) is 47.2. The Balaban J connectivity index is 1.07. The fourth-order valence-electron chi connectivity index (χ4n) is 13.0. The summed E-state index contributed by atoms with van der Waals surface area (Å²) < 4.78 is 78.7. The molecule has 0 aromatic heterocycles. The molecule has 35 nitrogen and oxygen atoms in total. The minimum atomic E-state index is -2.05. The lowest BCUT2D eigenvalue weighted by Gasteiger charge is -2.51. The normalized spacial score (nSPS) is 39.6. The second-order valence-corrected chi connectivity index (χ2v) is 25.7. The van der Waals surface area contributed by atoms with Crippen LogP contribution < -0.4 is 31.3 Å². The Hall–Kier alpha value is -4.85. The van der Waals surface area contributed by atoms with Crippen molar-refractivity contribution in [1.82, 2.24) is 26.6 Å². The van der Waals surface area contributed by atoms with Gasteiger partial charge >= 0.3 is 0 Å². The third kappa shape index (κ3) is 21.0. The quantitative estimate of drug-likeness (QED) is 0.0236. The summed E-state index contributed by atoms with van der Waals surface area (Å²) in [5.41, 5.74) is 0.0529. The van der Waals surface area contributed by atoms with E-state index in [2.05, 4.69) is 45.7 Å². The lowest BCUT2D eigenvalue weighted by molar-refractivity contribution is -0.368. The topological polar surface area (TPSA) is 508 Å². The van der Waals surface area contributed by atoms with E-state index in [0.717, 1.165) is 53.4 Å². The molecule has 17 unspecified atom stereocenters. The van der Waals surface area contributed by atoms with Crippen molar-refractivity contribution in [2.75, 3.05) is 46.8 Å². The summed E-state index contributed by atoms with van der Waals surface area (Å²) in [6.07, 6.45) is -28.6. The van der Waals surface area contributed by atoms with E-state index in [4.69, 9.17) is 61.6 Å². The third-order valence-corrected chi connectivity index (χ3v) is 18.2. The molecule has 5 amide bonds. The minimum Gasteiger partial charge on any atom is -0.494 e. The van der Waals surface area contributed by atoms with Gasteiger partial charge in [0.2, 0.25) is 23.6 Å². The Bertz CT molecular complexity index is 2730. The van der Waals surface area contributed by atoms with E-state index in [-0.39, 0.29) is 5.56 Å². The average molecular weight is 1420 g/mol. The van der Waals surface area contributed by atoms with E-state index in [9.17, 15) is 85.3 Å². The Kier molecular flexibility index (Phi) is 31.8. The Labute approximate surface area is 572 Å². The number of methoxy groups -OCH3 is 1. The van der Waals surface area contributed by atoms with Crippen LogP contribution in [0.1, 0.15) is 104 Å². The number of unbranched alkanes of at least 4 members (excludes halogenated alkanes) is 5. The highest BCUT2D eigenvalue weighted by atomic mass is 16.8. The molecule has 0 aliphatic carbocycles. The van der Waals surface area contributed by atoms with Crippen LogP contribution in [-0.4, -0.2) is 315 Å². The molecule has 564 valence electrons. The van der Waals surface area contributed by atoms with Crippen molar-refractivity contribution in [3.63, 3.8) is 0 Å². The molecule has 0 saturated carbocycles. The molecule has 6 heterocycles. The van der Waals surface area contributed by atoms with E-state index in [1.54, 1.807) is 26.0 Å². The van der Waals surface area contributed by atoms with Crippen molar-refractivity contribution in [3.8, 4) is 5.75 Å². The highest BCUT2D eigenvalue weighted by molar-refractivity contribution is 5.94. The zero-order valence-corrected chi connectivity index (χ0v) is 56.7. The number of carbonyl (C=O) groups excluding carboxylic acids is 5. The fraction of sp³-hybridized carbons (Fsp3) is 0.797. The van der Waals surface area contributed by atoms with Gasteiger partial charge in [-0.3, -0.25) is 24.0 Å². The molecule has 7 rings (SSSR count). The Morgan fingerprint density at radius 2 is 0.909 bits per heavy atom. The Morgan fingerprint density at radius 1 is 0.475 bits per heavy atom. The molecular weight excluding hydrogens is 1320 g/mol. The summed E-state index contributed by atoms with van der Waals surface area (Å²) in [5, 5.41) is 148. The van der Waals surface area contributed by atoms with Crippen molar-refractivity contribution >= 4 is 29.5 Å². The summed E-state index contributed by atoms with van der Waals surface area (Å²) in [7, 11) is 1.37. The lowest BCUT2D eigenvalue weighted by atomic mass is 9.91. The number of amides is 5. The minimum absolute atomic E-state index is 0.0529. The number of allylic oxidation sites excluding steroid dienone is 2. The van der Waals surface area contributed by atoms with Crippen LogP contribution in [0.4, 0.5) is 0 Å². The van der Waals surface area contributed by atoms with Gasteiger partial charge in [-0.25, -0.2) is 0 Å². The zero-order valence-electron chi connectivity index (χ0n) is 56.7. The molecule has 6 saturated heterocycles. The van der Waals surface area contributed by atoms with E-state index in [0.29, 0.717) is 18.8 Å². The smallest absolute Gasteiger partial charge is 0.251 e. The maximum absolute atomic E-state index is 14.0. The van der Waals surface area contributed by atoms with Gasteiger partial charge in [0, 0.05) is 46.3 Å². The number of rotatable bonds is 32. The molecule has 0 spiro atoms. The second-order valence-electron chi connectivity index (χ2n) is 25.7. The first-order valence-corrected chi connectivity index (χ1v) is 33.5. The van der Waals surface area contributed by atoms with Gasteiger partial charge in [-0.05, 0) is 50.8 Å². The summed E-state index contributed by atoms with van der Waals surface area (Å²) in [6, 6.07) is -2.33. The van der Waals surface area contributed by atoms with E-state index >= 15 is 0 Å². The van der Waals surface area contributed by atoms with Crippen LogP contribution in [-0.2, 0) is 76.0 Å². The van der Waals surface area contributed by atoms with Gasteiger partial charge in [0.05, 0.1) is 51.8 Å². The number of nitrogens with one attached hydrogen (secondary N) is 5. The molecule has 99 heavy (non-hydrogen) atoms. The molecule has 35 heteroatoms. The van der Waals surface area contributed by atoms with Crippen LogP contribution >= 0.6 is 0 Å². The number of carbonyl (C=O) groups is 5. The van der Waals surface area contributed by atoms with E-state index < -0.39 is 246 Å². The molecular formula is C64H103N5O30. The first kappa shape index (κ1) is 81.4. The first-order valence-electron chi connectivity index (χ1n) is 33.5. The lowest BCUT2D eigenvalue weighted by Crippen LogP contribution is -2.72. The fourth-order valence-corrected chi connectivity index (χ4v) is 13.0. The second kappa shape index (κ2) is 38.6. The molecule has 0 radical (unpaired) electrons. The highest BCUT2D eigenvalue weighted by Gasteiger charge is 2.58. The molecule has 30 atom stereocenters. The molecule has 1 aromatic rings. The average Bonchev–Trinajstić information content (AvgIpc) is 0.767. The van der Waals surface area contributed by atoms with Gasteiger partial charge in [0.15, 0.2) is 37.7 Å². The van der Waals surface area contributed by atoms with Crippen LogP contribution in [0, 0.1) is 5.92 Å². The standard InChI is InChI=1S/C64H103N5O30/c1-9-10-11-12-13-14-15-16-17-21-88-35-20-18-19-34(22-35)58(85)69-42-48(80)47(79)36(23-70)92-60(42)96-54-37(24-71)93-61(43(50(54)82)66-31(5)75)97-55-38(25-72)94-62(44(51(55)83)67-32(6)76)98-56-39(26-73)95-63(45(52(56)84)68-33(7)77)99-57-40(91-59(86)41(49(57)81)65-30(4)74)27-89-64-53(87-8)28(2)46(78)29(3)90-64/h14-15,18-20,22,28-29,36-57,59-64,70-73,78-84,86H,9-13,16-17,21,23-27H2,1-8H3,(H,65,74)(H,66,75)(H,67,76)(H,68,77)(H,69,85)/b15-14-/t28-,29?,36?,37-,38?,39-,40?,41-,42-,43?,44-,45?,46?,47+,48?,49?,50?,51?,52?,53+,54+,55?,56+,57?,59?,60-,61?,62-,63?,64+/m0/s1. The van der Waals surface area contributed by atoms with Crippen molar-refractivity contribution in [2.24, 2.45) is 5.92 Å². The van der Waals surface area contributed by atoms with Crippen LogP contribution in [0.25, 0.3) is 0 Å². The number of hydrogen-bond acceptors (Lipinski definition) is 30. The van der Waals surface area contributed by atoms with E-state index in [1.165, 1.54) is 32.1 Å². The number of hydrogen-bond donors (Lipinski definition) is 17. The predicted molar refractivity (Wildman–Crippen MR) is 336 cm³/mol. The predicted octanol–water partition coefficient (Wildman–Crippen LogP) is -5.45. The summed E-state index contributed by atoms with van der Waals surface area (Å²) >= 11 is 0. The van der Waals surface area contributed by atoms with Crippen LogP contribution in [0.3, 0.4) is 0 Å². The van der Waals surface area contributed by atoms with Crippen molar-refractivity contribution < 1.29 is 147 Å². The Morgan fingerprint density at radius 3 is 1.36 bits per heavy atom. The van der Waals surface area contributed by atoms with Gasteiger partial charge in [0.25, 0.3) is 5.91 Å². The maximum atomic E-state index is 14.0. The van der Waals surface area contributed by atoms with Gasteiger partial charge < -0.3 is 149 Å². The highest BCUT2D eigenvalue weighted by Crippen LogP contribution is 2.37. The van der Waals surface area contributed by atoms with Crippen molar-refractivity contribution in [3.05, 3.63) is 42.0 Å². The number of benzene rings is 1. The van der Waals surface area contributed by atoms with Crippen LogP contribution in [0.5, 0.6) is 5.75 Å². The number of aliphatic hydroxyl groups is 12. The summed E-state index contributed by atoms with van der Waals surface area (Å²) in [5.74, 6) is -4.10. The van der Waals surface area contributed by atoms with Gasteiger partial charge in [-0.15, -0.1) is 0 Å². The molecule has 6 fully saturated rings. The maximum Gasteiger partial charge on any atom is 0.251 e. The van der Waals surface area contributed by atoms with Gasteiger partial charge in [-0.2, -0.15) is 0 Å². The third-order valence-electron chi connectivity index (χ3n) is 18.2. The SMILES string of the molecule is CCCCCC/C=C\CCCOc1cccc(C(=O)N[C@H]2C(O)[C@H](O)C(CO)O[C@H]2O[C@H]2C(O)C(NC(C)=O)C(OC3C(CO)O[C@@H](O[C@H]4C(O)C(NC(C)=O)C(OC5C(CO[C@@H]6OC(C)C(O)[C@H](C)[C@H]6OC)OC(O)[C@@H](NC(C)=O)C5O)O[C@H]4CO)[C@@H](NC(C)=O)C3O)O[C@H]2CO)c1. The van der Waals surface area contributed by atoms with Gasteiger partial charge in [-0.1, -0.05) is 51.3 Å². The molecule has 1 aromatic carbocycles. The number of aliphatic hydroxyl groups excluding tert-OH is 12. The molecule has 0 bridgehead atoms. The monoisotopic (exact) mass is 1420 g/mol. The molecule has 6 aliphatic rings. The summed E-state index contributed by atoms with van der Waals surface area (Å²) in [6.45, 7) is 5.62. The van der Waals surface area contributed by atoms with Crippen LogP contribution in [0.15, 0.2) is 36.4 Å². The summed E-state index contributed by atoms with van der Waals surface area (Å²) in [4.78, 5) is 65.2. The van der Waals surface area contributed by atoms with Crippen molar-refractivity contribution in [2.45, 2.75) is 271 Å². The van der Waals surface area contributed by atoms with Crippen molar-refractivity contribution in [1.29, 1.82) is 0 Å². The molecule has 6 aliphatic heterocycles.